The third-order valence-electron chi connectivity index (χ3n) is 3.62. The first kappa shape index (κ1) is 20.0. The maximum atomic E-state index is 12.1. The number of benzene rings is 2. The van der Waals surface area contributed by atoms with Gasteiger partial charge in [-0.3, -0.25) is 14.4 Å². The zero-order valence-electron chi connectivity index (χ0n) is 15.3. The Hall–Kier alpha value is -3.35. The van der Waals surface area contributed by atoms with Crippen LogP contribution >= 0.6 is 0 Å². The van der Waals surface area contributed by atoms with Crippen molar-refractivity contribution in [2.45, 2.75) is 26.4 Å². The highest BCUT2D eigenvalue weighted by atomic mass is 16.5. The van der Waals surface area contributed by atoms with Crippen LogP contribution < -0.4 is 20.7 Å². The van der Waals surface area contributed by atoms with Crippen LogP contribution in [-0.2, 0) is 20.9 Å². The summed E-state index contributed by atoms with van der Waals surface area (Å²) < 4.78 is 5.34. The second kappa shape index (κ2) is 9.96. The molecule has 0 heterocycles. The number of nitrogens with one attached hydrogen (secondary N) is 3. The Labute approximate surface area is 158 Å². The van der Waals surface area contributed by atoms with Gasteiger partial charge in [0, 0.05) is 19.2 Å². The van der Waals surface area contributed by atoms with Crippen LogP contribution in [-0.4, -0.2) is 30.4 Å². The minimum absolute atomic E-state index is 0.142. The summed E-state index contributed by atoms with van der Waals surface area (Å²) in [5, 5.41) is 8.02. The van der Waals surface area contributed by atoms with E-state index >= 15 is 0 Å². The van der Waals surface area contributed by atoms with Crippen molar-refractivity contribution in [1.82, 2.24) is 10.6 Å². The molecule has 2 rings (SSSR count). The van der Waals surface area contributed by atoms with E-state index < -0.39 is 6.04 Å². The van der Waals surface area contributed by atoms with Crippen molar-refractivity contribution in [3.05, 3.63) is 60.2 Å². The van der Waals surface area contributed by atoms with Crippen molar-refractivity contribution >= 4 is 23.4 Å². The van der Waals surface area contributed by atoms with Crippen LogP contribution in [0.2, 0.25) is 0 Å². The standard InChI is InChI=1S/C20H23N3O4/c1-14(22-19(25)13-27-18-6-4-3-5-7-18)20(26)21-12-16-8-10-17(11-9-16)23-15(2)24/h3-11,14H,12-13H2,1-2H3,(H,21,26)(H,22,25)(H,23,24)/t14-/m1/s1. The van der Waals surface area contributed by atoms with E-state index in [1.54, 1.807) is 31.2 Å². The highest BCUT2D eigenvalue weighted by molar-refractivity contribution is 5.89. The Balaban J connectivity index is 1.73. The monoisotopic (exact) mass is 369 g/mol. The molecule has 142 valence electrons. The normalized spacial score (nSPS) is 11.2. The highest BCUT2D eigenvalue weighted by Crippen LogP contribution is 2.09. The van der Waals surface area contributed by atoms with Gasteiger partial charge in [0.2, 0.25) is 11.8 Å². The van der Waals surface area contributed by atoms with Gasteiger partial charge in [-0.2, -0.15) is 0 Å². The van der Waals surface area contributed by atoms with Gasteiger partial charge in [0.15, 0.2) is 6.61 Å². The van der Waals surface area contributed by atoms with E-state index in [2.05, 4.69) is 16.0 Å². The minimum Gasteiger partial charge on any atom is -0.484 e. The van der Waals surface area contributed by atoms with Gasteiger partial charge in [0.1, 0.15) is 11.8 Å². The van der Waals surface area contributed by atoms with Crippen molar-refractivity contribution in [1.29, 1.82) is 0 Å². The molecule has 0 aromatic heterocycles. The van der Waals surface area contributed by atoms with Crippen LogP contribution in [0.3, 0.4) is 0 Å². The van der Waals surface area contributed by atoms with Gasteiger partial charge in [-0.25, -0.2) is 0 Å². The molecular weight excluding hydrogens is 346 g/mol. The quantitative estimate of drug-likeness (QED) is 0.662. The third kappa shape index (κ3) is 7.19. The van der Waals surface area contributed by atoms with Crippen molar-refractivity contribution in [2.75, 3.05) is 11.9 Å². The molecule has 0 radical (unpaired) electrons. The Bertz CT molecular complexity index is 776. The predicted octanol–water partition coefficient (Wildman–Crippen LogP) is 1.84. The summed E-state index contributed by atoms with van der Waals surface area (Å²) in [7, 11) is 0. The maximum absolute atomic E-state index is 12.1. The molecule has 0 unspecified atom stereocenters. The average molecular weight is 369 g/mol. The lowest BCUT2D eigenvalue weighted by atomic mass is 10.2. The van der Waals surface area contributed by atoms with E-state index in [1.807, 2.05) is 30.3 Å². The molecule has 0 aliphatic rings. The van der Waals surface area contributed by atoms with Gasteiger partial charge in [-0.05, 0) is 36.8 Å². The van der Waals surface area contributed by atoms with Crippen molar-refractivity contribution in [2.24, 2.45) is 0 Å². The first-order chi connectivity index (χ1) is 12.9. The molecule has 7 heteroatoms. The summed E-state index contributed by atoms with van der Waals surface area (Å²) in [5.74, 6) is -0.223. The largest absolute Gasteiger partial charge is 0.484 e. The second-order valence-corrected chi connectivity index (χ2v) is 5.99. The molecule has 0 saturated carbocycles. The van der Waals surface area contributed by atoms with Crippen LogP contribution in [0.15, 0.2) is 54.6 Å². The number of carbonyl (C=O) groups is 3. The molecule has 0 bridgehead atoms. The SMILES string of the molecule is CC(=O)Nc1ccc(CNC(=O)[C@@H](C)NC(=O)COc2ccccc2)cc1. The van der Waals surface area contributed by atoms with Gasteiger partial charge in [-0.1, -0.05) is 30.3 Å². The molecule has 2 aromatic rings. The Morgan fingerprint density at radius 2 is 1.67 bits per heavy atom. The molecule has 0 fully saturated rings. The van der Waals surface area contributed by atoms with Crippen LogP contribution in [0.1, 0.15) is 19.4 Å². The summed E-state index contributed by atoms with van der Waals surface area (Å²) >= 11 is 0. The Morgan fingerprint density at radius 1 is 1.00 bits per heavy atom. The number of carbonyl (C=O) groups excluding carboxylic acids is 3. The zero-order chi connectivity index (χ0) is 19.6. The molecule has 7 nitrogen and oxygen atoms in total. The molecule has 3 N–H and O–H groups in total. The lowest BCUT2D eigenvalue weighted by Gasteiger charge is -2.14. The minimum atomic E-state index is -0.685. The van der Waals surface area contributed by atoms with Crippen LogP contribution in [0, 0.1) is 0 Å². The number of amides is 3. The van der Waals surface area contributed by atoms with Gasteiger partial charge in [0.05, 0.1) is 0 Å². The van der Waals surface area contributed by atoms with E-state index in [4.69, 9.17) is 4.74 Å². The summed E-state index contributed by atoms with van der Waals surface area (Å²) in [6, 6.07) is 15.4. The van der Waals surface area contributed by atoms with E-state index in [1.165, 1.54) is 6.92 Å². The number of anilines is 1. The smallest absolute Gasteiger partial charge is 0.258 e. The summed E-state index contributed by atoms with van der Waals surface area (Å²) in [6.07, 6.45) is 0. The van der Waals surface area contributed by atoms with Crippen molar-refractivity contribution in [3.8, 4) is 5.75 Å². The predicted molar refractivity (Wildman–Crippen MR) is 102 cm³/mol. The number of hydrogen-bond acceptors (Lipinski definition) is 4. The maximum Gasteiger partial charge on any atom is 0.258 e. The molecule has 3 amide bonds. The van der Waals surface area contributed by atoms with Crippen LogP contribution in [0.25, 0.3) is 0 Å². The lowest BCUT2D eigenvalue weighted by molar-refractivity contribution is -0.129. The van der Waals surface area contributed by atoms with E-state index in [0.717, 1.165) is 5.56 Å². The van der Waals surface area contributed by atoms with Crippen LogP contribution in [0.4, 0.5) is 5.69 Å². The summed E-state index contributed by atoms with van der Waals surface area (Å²) in [4.78, 5) is 35.0. The molecule has 0 saturated heterocycles. The number of ether oxygens (including phenoxy) is 1. The highest BCUT2D eigenvalue weighted by Gasteiger charge is 2.15. The van der Waals surface area contributed by atoms with Gasteiger partial charge in [0.25, 0.3) is 5.91 Å². The Kier molecular flexibility index (Phi) is 7.37. The summed E-state index contributed by atoms with van der Waals surface area (Å²) in [5.41, 5.74) is 1.57. The van der Waals surface area contributed by atoms with E-state index in [0.29, 0.717) is 18.0 Å². The fourth-order valence-electron chi connectivity index (χ4n) is 2.27. The number of para-hydroxylation sites is 1. The number of hydrogen-bond donors (Lipinski definition) is 3. The molecule has 0 aliphatic carbocycles. The lowest BCUT2D eigenvalue weighted by Crippen LogP contribution is -2.46. The van der Waals surface area contributed by atoms with Crippen molar-refractivity contribution in [3.63, 3.8) is 0 Å². The number of rotatable bonds is 8. The second-order valence-electron chi connectivity index (χ2n) is 5.99. The zero-order valence-corrected chi connectivity index (χ0v) is 15.3. The average Bonchev–Trinajstić information content (AvgIpc) is 2.66. The van der Waals surface area contributed by atoms with E-state index in [9.17, 15) is 14.4 Å². The fraction of sp³-hybridized carbons (Fsp3) is 0.250. The first-order valence-electron chi connectivity index (χ1n) is 8.55. The van der Waals surface area contributed by atoms with Gasteiger partial charge >= 0.3 is 0 Å². The summed E-state index contributed by atoms with van der Waals surface area (Å²) in [6.45, 7) is 3.20. The molecule has 1 atom stereocenters. The van der Waals surface area contributed by atoms with Gasteiger partial charge in [-0.15, -0.1) is 0 Å². The van der Waals surface area contributed by atoms with Crippen molar-refractivity contribution < 1.29 is 19.1 Å². The van der Waals surface area contributed by atoms with Crippen LogP contribution in [0.5, 0.6) is 5.75 Å². The topological polar surface area (TPSA) is 96.5 Å². The molecule has 0 spiro atoms. The van der Waals surface area contributed by atoms with Gasteiger partial charge < -0.3 is 20.7 Å². The van der Waals surface area contributed by atoms with E-state index in [-0.39, 0.29) is 24.3 Å². The Morgan fingerprint density at radius 3 is 2.30 bits per heavy atom. The first-order valence-corrected chi connectivity index (χ1v) is 8.55. The molecule has 27 heavy (non-hydrogen) atoms. The molecule has 0 aliphatic heterocycles. The fourth-order valence-corrected chi connectivity index (χ4v) is 2.27. The molecule has 2 aromatic carbocycles. The molecular formula is C20H23N3O4. The third-order valence-corrected chi connectivity index (χ3v) is 3.62.